The second kappa shape index (κ2) is 8.77. The molecule has 0 aliphatic carbocycles. The van der Waals surface area contributed by atoms with Gasteiger partial charge in [0.2, 0.25) is 0 Å². The van der Waals surface area contributed by atoms with Gasteiger partial charge in [-0.05, 0) is 42.8 Å². The fourth-order valence-corrected chi connectivity index (χ4v) is 4.29. The Morgan fingerprint density at radius 2 is 1.83 bits per heavy atom. The average Bonchev–Trinajstić information content (AvgIpc) is 3.37. The van der Waals surface area contributed by atoms with E-state index in [0.29, 0.717) is 11.4 Å². The van der Waals surface area contributed by atoms with Crippen molar-refractivity contribution in [2.45, 2.75) is 0 Å². The topological polar surface area (TPSA) is 103 Å². The Morgan fingerprint density at radius 1 is 0.943 bits per heavy atom. The van der Waals surface area contributed by atoms with E-state index in [9.17, 15) is 4.79 Å². The van der Waals surface area contributed by atoms with E-state index in [1.54, 1.807) is 24.7 Å². The second-order valence-electron chi connectivity index (χ2n) is 8.75. The lowest BCUT2D eigenvalue weighted by molar-refractivity contribution is 0.102. The number of benzene rings is 1. The monoisotopic (exact) mass is 464 g/mol. The van der Waals surface area contributed by atoms with Crippen LogP contribution in [0.4, 0.5) is 11.6 Å². The molecule has 1 aliphatic heterocycles. The van der Waals surface area contributed by atoms with E-state index < -0.39 is 0 Å². The number of H-pyrrole nitrogens is 1. The zero-order valence-corrected chi connectivity index (χ0v) is 19.3. The van der Waals surface area contributed by atoms with Gasteiger partial charge < -0.3 is 20.1 Å². The van der Waals surface area contributed by atoms with Gasteiger partial charge in [-0.3, -0.25) is 4.79 Å². The average molecular weight is 465 g/mol. The number of pyridine rings is 2. The van der Waals surface area contributed by atoms with Gasteiger partial charge in [0.1, 0.15) is 17.2 Å². The number of piperazine rings is 1. The number of anilines is 2. The molecule has 0 saturated carbocycles. The highest BCUT2D eigenvalue weighted by atomic mass is 16.1. The first-order valence-electron chi connectivity index (χ1n) is 11.5. The lowest BCUT2D eigenvalue weighted by Gasteiger charge is -2.33. The number of hydrogen-bond donors (Lipinski definition) is 2. The van der Waals surface area contributed by atoms with Gasteiger partial charge in [-0.1, -0.05) is 12.1 Å². The van der Waals surface area contributed by atoms with Crippen molar-refractivity contribution < 1.29 is 4.79 Å². The Morgan fingerprint density at radius 3 is 2.71 bits per heavy atom. The molecule has 1 fully saturated rings. The molecule has 1 aliphatic rings. The van der Waals surface area contributed by atoms with Crippen LogP contribution in [0.15, 0.2) is 67.3 Å². The maximum Gasteiger partial charge on any atom is 0.257 e. The molecule has 5 heterocycles. The molecule has 9 heteroatoms. The standard InChI is InChI=1S/C26H24N8O/c1-33-8-10-34(11-9-33)24-14-18(4-6-27-24)26(35)32-23-13-20-12-17(2-3-19(20)15-29-23)22-16-30-25-21(31-22)5-7-28-25/h2-7,12-16H,8-11H2,1H3,(H,28,30)(H,29,32,35). The molecule has 2 N–H and O–H groups in total. The lowest BCUT2D eigenvalue weighted by Crippen LogP contribution is -2.44. The number of fused-ring (bicyclic) bond motifs is 2. The number of nitrogens with zero attached hydrogens (tertiary/aromatic N) is 6. The largest absolute Gasteiger partial charge is 0.354 e. The van der Waals surface area contributed by atoms with E-state index in [4.69, 9.17) is 0 Å². The number of amides is 1. The van der Waals surface area contributed by atoms with E-state index in [1.165, 1.54) is 0 Å². The van der Waals surface area contributed by atoms with Crippen LogP contribution in [0.2, 0.25) is 0 Å². The Kier molecular flexibility index (Phi) is 5.31. The van der Waals surface area contributed by atoms with Crippen LogP contribution in [0.5, 0.6) is 0 Å². The van der Waals surface area contributed by atoms with Crippen molar-refractivity contribution in [3.8, 4) is 11.3 Å². The number of likely N-dealkylation sites (N-methyl/N-ethyl adjacent to an activating group) is 1. The normalized spacial score (nSPS) is 14.5. The maximum absolute atomic E-state index is 13.0. The van der Waals surface area contributed by atoms with Gasteiger partial charge in [-0.15, -0.1) is 0 Å². The minimum atomic E-state index is -0.213. The summed E-state index contributed by atoms with van der Waals surface area (Å²) in [5.74, 6) is 1.10. The van der Waals surface area contributed by atoms with Crippen LogP contribution < -0.4 is 10.2 Å². The molecule has 1 aromatic carbocycles. The van der Waals surface area contributed by atoms with E-state index in [-0.39, 0.29) is 5.91 Å². The Hall–Kier alpha value is -4.37. The fraction of sp³-hybridized carbons (Fsp3) is 0.192. The highest BCUT2D eigenvalue weighted by molar-refractivity contribution is 6.05. The summed E-state index contributed by atoms with van der Waals surface area (Å²) in [6.07, 6.45) is 7.03. The number of carbonyl (C=O) groups is 1. The summed E-state index contributed by atoms with van der Waals surface area (Å²) in [6.45, 7) is 3.74. The van der Waals surface area contributed by atoms with Crippen LogP contribution >= 0.6 is 0 Å². The summed E-state index contributed by atoms with van der Waals surface area (Å²) in [7, 11) is 2.11. The first-order chi connectivity index (χ1) is 17.1. The Bertz CT molecular complexity index is 1540. The van der Waals surface area contributed by atoms with Crippen LogP contribution in [0.3, 0.4) is 0 Å². The molecule has 35 heavy (non-hydrogen) atoms. The predicted octanol–water partition coefficient (Wildman–Crippen LogP) is 3.57. The summed E-state index contributed by atoms with van der Waals surface area (Å²) in [5, 5.41) is 4.86. The van der Waals surface area contributed by atoms with Crippen molar-refractivity contribution in [3.63, 3.8) is 0 Å². The van der Waals surface area contributed by atoms with Crippen molar-refractivity contribution in [1.29, 1.82) is 0 Å². The van der Waals surface area contributed by atoms with E-state index >= 15 is 0 Å². The first-order valence-corrected chi connectivity index (χ1v) is 11.5. The third-order valence-electron chi connectivity index (χ3n) is 6.35. The van der Waals surface area contributed by atoms with Crippen LogP contribution in [0, 0.1) is 0 Å². The molecule has 0 bridgehead atoms. The van der Waals surface area contributed by atoms with Crippen molar-refractivity contribution in [1.82, 2.24) is 29.8 Å². The highest BCUT2D eigenvalue weighted by Gasteiger charge is 2.17. The van der Waals surface area contributed by atoms with E-state index in [1.807, 2.05) is 42.6 Å². The third-order valence-corrected chi connectivity index (χ3v) is 6.35. The highest BCUT2D eigenvalue weighted by Crippen LogP contribution is 2.25. The number of aromatic amines is 1. The van der Waals surface area contributed by atoms with Gasteiger partial charge in [0.25, 0.3) is 5.91 Å². The van der Waals surface area contributed by atoms with Gasteiger partial charge in [0.15, 0.2) is 5.65 Å². The summed E-state index contributed by atoms with van der Waals surface area (Å²) >= 11 is 0. The van der Waals surface area contributed by atoms with Crippen LogP contribution in [0.25, 0.3) is 33.2 Å². The maximum atomic E-state index is 13.0. The van der Waals surface area contributed by atoms with Crippen molar-refractivity contribution in [3.05, 3.63) is 72.8 Å². The predicted molar refractivity (Wildman–Crippen MR) is 137 cm³/mol. The van der Waals surface area contributed by atoms with Crippen LogP contribution in [-0.4, -0.2) is 69.0 Å². The third kappa shape index (κ3) is 4.29. The Balaban J connectivity index is 1.24. The van der Waals surface area contributed by atoms with Gasteiger partial charge in [-0.25, -0.2) is 19.9 Å². The zero-order valence-electron chi connectivity index (χ0n) is 19.3. The molecule has 6 rings (SSSR count). The molecule has 1 saturated heterocycles. The molecule has 9 nitrogen and oxygen atoms in total. The molecule has 0 atom stereocenters. The summed E-state index contributed by atoms with van der Waals surface area (Å²) in [5.41, 5.74) is 3.87. The molecule has 174 valence electrons. The smallest absolute Gasteiger partial charge is 0.257 e. The molecule has 5 aromatic rings. The quantitative estimate of drug-likeness (QED) is 0.419. The van der Waals surface area contributed by atoms with E-state index in [2.05, 4.69) is 47.1 Å². The number of aromatic nitrogens is 5. The van der Waals surface area contributed by atoms with Gasteiger partial charge >= 0.3 is 0 Å². The van der Waals surface area contributed by atoms with Gasteiger partial charge in [0, 0.05) is 61.3 Å². The number of hydrogen-bond acceptors (Lipinski definition) is 7. The van der Waals surface area contributed by atoms with Crippen molar-refractivity contribution >= 4 is 39.5 Å². The fourth-order valence-electron chi connectivity index (χ4n) is 4.29. The SMILES string of the molecule is CN1CCN(c2cc(C(=O)Nc3cc4cc(-c5cnc6[nH]ccc6n5)ccc4cn3)ccn2)CC1. The summed E-state index contributed by atoms with van der Waals surface area (Å²) in [6, 6.07) is 13.4. The molecule has 1 amide bonds. The van der Waals surface area contributed by atoms with Crippen LogP contribution in [0.1, 0.15) is 10.4 Å². The molecule has 0 unspecified atom stereocenters. The number of rotatable bonds is 4. The second-order valence-corrected chi connectivity index (χ2v) is 8.75. The molecular formula is C26H24N8O. The molecule has 4 aromatic heterocycles. The Labute approximate surface area is 201 Å². The van der Waals surface area contributed by atoms with E-state index in [0.717, 1.165) is 65.2 Å². The zero-order chi connectivity index (χ0) is 23.8. The summed E-state index contributed by atoms with van der Waals surface area (Å²) in [4.78, 5) is 38.6. The van der Waals surface area contributed by atoms with Crippen molar-refractivity contribution in [2.24, 2.45) is 0 Å². The van der Waals surface area contributed by atoms with Crippen LogP contribution in [-0.2, 0) is 0 Å². The molecule has 0 radical (unpaired) electrons. The first kappa shape index (κ1) is 21.2. The van der Waals surface area contributed by atoms with Crippen molar-refractivity contribution in [2.75, 3.05) is 43.4 Å². The van der Waals surface area contributed by atoms with Gasteiger partial charge in [0.05, 0.1) is 11.9 Å². The number of carbonyl (C=O) groups excluding carboxylic acids is 1. The molecule has 0 spiro atoms. The minimum absolute atomic E-state index is 0.213. The molecular weight excluding hydrogens is 440 g/mol. The lowest BCUT2D eigenvalue weighted by atomic mass is 10.1. The summed E-state index contributed by atoms with van der Waals surface area (Å²) < 4.78 is 0. The van der Waals surface area contributed by atoms with Gasteiger partial charge in [-0.2, -0.15) is 0 Å². The number of nitrogens with one attached hydrogen (secondary N) is 2. The minimum Gasteiger partial charge on any atom is -0.354 e.